The van der Waals surface area contributed by atoms with Gasteiger partial charge in [-0.25, -0.2) is 9.37 Å². The van der Waals surface area contributed by atoms with Gasteiger partial charge in [0.25, 0.3) is 0 Å². The Labute approximate surface area is 101 Å². The molecular formula is C11H10FIN2. The summed E-state index contributed by atoms with van der Waals surface area (Å²) in [6.07, 6.45) is 0. The van der Waals surface area contributed by atoms with Crippen LogP contribution in [0, 0.1) is 23.4 Å². The maximum atomic E-state index is 12.8. The number of imidazole rings is 1. The van der Waals surface area contributed by atoms with Gasteiger partial charge in [0.2, 0.25) is 0 Å². The molecule has 0 aliphatic carbocycles. The summed E-state index contributed by atoms with van der Waals surface area (Å²) in [6, 6.07) is 6.43. The topological polar surface area (TPSA) is 17.8 Å². The maximum absolute atomic E-state index is 12.8. The molecular weight excluding hydrogens is 306 g/mol. The van der Waals surface area contributed by atoms with E-state index in [9.17, 15) is 4.39 Å². The summed E-state index contributed by atoms with van der Waals surface area (Å²) in [4.78, 5) is 4.37. The number of rotatable bonds is 1. The summed E-state index contributed by atoms with van der Waals surface area (Å²) in [6.45, 7) is 3.95. The van der Waals surface area contributed by atoms with Gasteiger partial charge in [-0.1, -0.05) is 0 Å². The van der Waals surface area contributed by atoms with Crippen molar-refractivity contribution in [2.24, 2.45) is 0 Å². The Morgan fingerprint density at radius 2 is 1.80 bits per heavy atom. The molecule has 0 saturated carbocycles. The van der Waals surface area contributed by atoms with Crippen molar-refractivity contribution in [3.05, 3.63) is 45.3 Å². The Bertz CT molecular complexity index is 488. The molecule has 15 heavy (non-hydrogen) atoms. The molecule has 4 heteroatoms. The Kier molecular flexibility index (Phi) is 2.77. The molecule has 1 heterocycles. The van der Waals surface area contributed by atoms with Gasteiger partial charge in [0.15, 0.2) is 0 Å². The number of aromatic nitrogens is 2. The van der Waals surface area contributed by atoms with E-state index in [0.717, 1.165) is 20.9 Å². The van der Waals surface area contributed by atoms with Crippen LogP contribution in [-0.2, 0) is 0 Å². The zero-order chi connectivity index (χ0) is 11.0. The Balaban J connectivity index is 2.58. The van der Waals surface area contributed by atoms with Crippen LogP contribution in [0.2, 0.25) is 0 Å². The van der Waals surface area contributed by atoms with Crippen LogP contribution in [0.1, 0.15) is 11.5 Å². The Hall–Kier alpha value is -0.910. The first-order chi connectivity index (χ1) is 7.09. The highest BCUT2D eigenvalue weighted by atomic mass is 127. The molecule has 0 unspecified atom stereocenters. The average molecular weight is 316 g/mol. The van der Waals surface area contributed by atoms with E-state index in [1.807, 2.05) is 18.4 Å². The van der Waals surface area contributed by atoms with Crippen molar-refractivity contribution >= 4 is 22.6 Å². The number of aryl methyl sites for hydroxylation is 1. The van der Waals surface area contributed by atoms with Gasteiger partial charge in [0.1, 0.15) is 15.3 Å². The third-order valence-electron chi connectivity index (χ3n) is 2.30. The Morgan fingerprint density at radius 1 is 1.20 bits per heavy atom. The van der Waals surface area contributed by atoms with Crippen LogP contribution in [0.15, 0.2) is 24.3 Å². The summed E-state index contributed by atoms with van der Waals surface area (Å²) < 4.78 is 15.8. The second kappa shape index (κ2) is 3.92. The molecule has 0 bridgehead atoms. The highest BCUT2D eigenvalue weighted by Crippen LogP contribution is 2.18. The first-order valence-corrected chi connectivity index (χ1v) is 5.65. The van der Waals surface area contributed by atoms with Crippen LogP contribution in [0.4, 0.5) is 4.39 Å². The van der Waals surface area contributed by atoms with E-state index in [2.05, 4.69) is 27.6 Å². The molecule has 0 amide bonds. The van der Waals surface area contributed by atoms with Crippen molar-refractivity contribution in [2.45, 2.75) is 13.8 Å². The monoisotopic (exact) mass is 316 g/mol. The number of hydrogen-bond acceptors (Lipinski definition) is 1. The van der Waals surface area contributed by atoms with Crippen LogP contribution >= 0.6 is 22.6 Å². The molecule has 0 atom stereocenters. The first-order valence-electron chi connectivity index (χ1n) is 4.57. The van der Waals surface area contributed by atoms with E-state index in [1.54, 1.807) is 12.1 Å². The third kappa shape index (κ3) is 1.90. The quantitative estimate of drug-likeness (QED) is 0.739. The van der Waals surface area contributed by atoms with Crippen molar-refractivity contribution in [3.63, 3.8) is 0 Å². The predicted octanol–water partition coefficient (Wildman–Crippen LogP) is 3.23. The Morgan fingerprint density at radius 3 is 2.27 bits per heavy atom. The molecule has 78 valence electrons. The van der Waals surface area contributed by atoms with E-state index in [0.29, 0.717) is 0 Å². The molecule has 0 fully saturated rings. The zero-order valence-corrected chi connectivity index (χ0v) is 10.6. The molecule has 0 aliphatic heterocycles. The van der Waals surface area contributed by atoms with Gasteiger partial charge in [0, 0.05) is 5.69 Å². The summed E-state index contributed by atoms with van der Waals surface area (Å²) >= 11 is 2.20. The fourth-order valence-electron chi connectivity index (χ4n) is 1.58. The highest BCUT2D eigenvalue weighted by molar-refractivity contribution is 14.1. The number of benzene rings is 1. The van der Waals surface area contributed by atoms with Gasteiger partial charge < -0.3 is 4.57 Å². The van der Waals surface area contributed by atoms with Crippen LogP contribution in [0.3, 0.4) is 0 Å². The fourth-order valence-corrected chi connectivity index (χ4v) is 2.17. The van der Waals surface area contributed by atoms with E-state index in [4.69, 9.17) is 0 Å². The summed E-state index contributed by atoms with van der Waals surface area (Å²) in [5, 5.41) is 0. The van der Waals surface area contributed by atoms with Gasteiger partial charge in [-0.3, -0.25) is 0 Å². The van der Waals surface area contributed by atoms with Gasteiger partial charge >= 0.3 is 0 Å². The minimum Gasteiger partial charge on any atom is -0.300 e. The smallest absolute Gasteiger partial charge is 0.123 e. The zero-order valence-electron chi connectivity index (χ0n) is 8.46. The molecule has 0 N–H and O–H groups in total. The van der Waals surface area contributed by atoms with Crippen molar-refractivity contribution in [1.82, 2.24) is 9.55 Å². The largest absolute Gasteiger partial charge is 0.300 e. The van der Waals surface area contributed by atoms with Gasteiger partial charge in [0.05, 0.1) is 5.69 Å². The summed E-state index contributed by atoms with van der Waals surface area (Å²) in [5.74, 6) is 0.701. The van der Waals surface area contributed by atoms with Gasteiger partial charge in [-0.05, 0) is 60.7 Å². The lowest BCUT2D eigenvalue weighted by atomic mass is 10.3. The van der Waals surface area contributed by atoms with Crippen molar-refractivity contribution in [1.29, 1.82) is 0 Å². The van der Waals surface area contributed by atoms with Gasteiger partial charge in [-0.15, -0.1) is 0 Å². The molecule has 0 spiro atoms. The van der Waals surface area contributed by atoms with Crippen LogP contribution in [-0.4, -0.2) is 9.55 Å². The van der Waals surface area contributed by atoms with E-state index >= 15 is 0 Å². The molecule has 2 aromatic rings. The lowest BCUT2D eigenvalue weighted by molar-refractivity contribution is 0.627. The van der Waals surface area contributed by atoms with Crippen LogP contribution in [0.5, 0.6) is 0 Å². The number of hydrogen-bond donors (Lipinski definition) is 0. The first kappa shape index (κ1) is 10.6. The van der Waals surface area contributed by atoms with E-state index in [1.165, 1.54) is 12.1 Å². The average Bonchev–Trinajstić information content (AvgIpc) is 2.44. The SMILES string of the molecule is Cc1nc(I)c(C)n1-c1ccc(F)cc1. The van der Waals surface area contributed by atoms with E-state index in [-0.39, 0.29) is 5.82 Å². The predicted molar refractivity (Wildman–Crippen MR) is 65.7 cm³/mol. The molecule has 0 radical (unpaired) electrons. The minimum atomic E-state index is -0.219. The molecule has 0 saturated heterocycles. The molecule has 1 aromatic carbocycles. The number of halogens is 2. The van der Waals surface area contributed by atoms with Crippen molar-refractivity contribution in [3.8, 4) is 5.69 Å². The lowest BCUT2D eigenvalue weighted by Gasteiger charge is -2.07. The summed E-state index contributed by atoms with van der Waals surface area (Å²) in [7, 11) is 0. The third-order valence-corrected chi connectivity index (χ3v) is 3.32. The number of nitrogens with zero attached hydrogens (tertiary/aromatic N) is 2. The van der Waals surface area contributed by atoms with E-state index < -0.39 is 0 Å². The maximum Gasteiger partial charge on any atom is 0.123 e. The molecule has 0 aliphatic rings. The lowest BCUT2D eigenvalue weighted by Crippen LogP contribution is -1.99. The van der Waals surface area contributed by atoms with Gasteiger partial charge in [-0.2, -0.15) is 0 Å². The molecule has 1 aromatic heterocycles. The molecule has 2 rings (SSSR count). The highest BCUT2D eigenvalue weighted by Gasteiger charge is 2.09. The summed E-state index contributed by atoms with van der Waals surface area (Å²) in [5.41, 5.74) is 2.03. The molecule has 2 nitrogen and oxygen atoms in total. The minimum absolute atomic E-state index is 0.219. The van der Waals surface area contributed by atoms with Crippen molar-refractivity contribution in [2.75, 3.05) is 0 Å². The normalized spacial score (nSPS) is 10.7. The van der Waals surface area contributed by atoms with Crippen LogP contribution in [0.25, 0.3) is 5.69 Å². The second-order valence-corrected chi connectivity index (χ2v) is 4.37. The van der Waals surface area contributed by atoms with Crippen LogP contribution < -0.4 is 0 Å². The second-order valence-electron chi connectivity index (χ2n) is 3.35. The van der Waals surface area contributed by atoms with Crippen molar-refractivity contribution < 1.29 is 4.39 Å². The standard InChI is InChI=1S/C11H10FIN2/c1-7-11(13)14-8(2)15(7)10-5-3-9(12)4-6-10/h3-6H,1-2H3. The fraction of sp³-hybridized carbons (Fsp3) is 0.182.